The van der Waals surface area contributed by atoms with Crippen molar-refractivity contribution >= 4 is 27.5 Å². The third-order valence-corrected chi connectivity index (χ3v) is 5.98. The first-order valence-corrected chi connectivity index (χ1v) is 10.1. The number of rotatable bonds is 4. The number of hydrogen-bond acceptors (Lipinski definition) is 6. The third-order valence-electron chi connectivity index (χ3n) is 5.22. The van der Waals surface area contributed by atoms with Crippen molar-refractivity contribution in [2.45, 2.75) is 32.7 Å². The summed E-state index contributed by atoms with van der Waals surface area (Å²) < 4.78 is 50.7. The molecule has 0 spiro atoms. The Kier molecular flexibility index (Phi) is 5.09. The zero-order valence-corrected chi connectivity index (χ0v) is 17.4. The number of nitrogens with zero attached hydrogens (tertiary/aromatic N) is 4. The largest absolute Gasteiger partial charge is 0.480 e. The highest BCUT2D eigenvalue weighted by Gasteiger charge is 2.48. The Bertz CT molecular complexity index is 1200. The van der Waals surface area contributed by atoms with Crippen LogP contribution in [0.25, 0.3) is 10.1 Å². The van der Waals surface area contributed by atoms with E-state index in [2.05, 4.69) is 9.36 Å². The van der Waals surface area contributed by atoms with E-state index < -0.39 is 28.8 Å². The van der Waals surface area contributed by atoms with Gasteiger partial charge >= 0.3 is 6.18 Å². The van der Waals surface area contributed by atoms with Crippen molar-refractivity contribution in [3.05, 3.63) is 53.5 Å². The van der Waals surface area contributed by atoms with Crippen LogP contribution in [-0.2, 0) is 17.5 Å². The summed E-state index contributed by atoms with van der Waals surface area (Å²) in [7, 11) is 0. The Balaban J connectivity index is 1.59. The summed E-state index contributed by atoms with van der Waals surface area (Å²) in [5.74, 6) is -0.438. The van der Waals surface area contributed by atoms with Gasteiger partial charge in [0.15, 0.2) is 6.10 Å². The summed E-state index contributed by atoms with van der Waals surface area (Å²) >= 11 is 1.34. The molecule has 160 valence electrons. The quantitative estimate of drug-likeness (QED) is 0.594. The minimum atomic E-state index is -4.70. The molecular weight excluding hydrogens is 429 g/mol. The third kappa shape index (κ3) is 3.93. The summed E-state index contributed by atoms with van der Waals surface area (Å²) in [5.41, 5.74) is -1.53. The van der Waals surface area contributed by atoms with Crippen LogP contribution in [0.1, 0.15) is 30.7 Å². The number of fused-ring (bicyclic) bond motifs is 1. The Labute approximate surface area is 180 Å². The lowest BCUT2D eigenvalue weighted by molar-refractivity contribution is -0.138. The van der Waals surface area contributed by atoms with Gasteiger partial charge in [0.1, 0.15) is 5.75 Å². The van der Waals surface area contributed by atoms with E-state index in [0.717, 1.165) is 22.2 Å². The molecule has 4 rings (SSSR count). The number of nitriles is 1. The number of benzene rings is 1. The second kappa shape index (κ2) is 7.50. The van der Waals surface area contributed by atoms with Crippen LogP contribution >= 0.6 is 11.5 Å². The summed E-state index contributed by atoms with van der Waals surface area (Å²) in [5, 5.41) is 9.82. The van der Waals surface area contributed by atoms with Crippen LogP contribution < -0.4 is 4.74 Å². The highest BCUT2D eigenvalue weighted by atomic mass is 32.1. The zero-order chi connectivity index (χ0) is 22.4. The fourth-order valence-electron chi connectivity index (χ4n) is 3.72. The van der Waals surface area contributed by atoms with Crippen molar-refractivity contribution in [3.8, 4) is 11.8 Å². The molecule has 1 amide bonds. The monoisotopic (exact) mass is 446 g/mol. The van der Waals surface area contributed by atoms with Gasteiger partial charge in [-0.05, 0) is 35.8 Å². The number of halogens is 3. The van der Waals surface area contributed by atoms with Gasteiger partial charge in [0, 0.05) is 23.5 Å². The lowest BCUT2D eigenvalue weighted by Crippen LogP contribution is -2.36. The minimum absolute atomic E-state index is 0.109. The number of ether oxygens (including phenoxy) is 1. The van der Waals surface area contributed by atoms with E-state index in [-0.39, 0.29) is 18.2 Å². The maximum atomic E-state index is 13.3. The van der Waals surface area contributed by atoms with Gasteiger partial charge in [-0.1, -0.05) is 13.8 Å². The molecule has 3 aromatic rings. The van der Waals surface area contributed by atoms with Crippen LogP contribution in [0.4, 0.5) is 13.2 Å². The second-order valence-electron chi connectivity index (χ2n) is 7.99. The number of hydrogen-bond donors (Lipinski definition) is 0. The second-order valence-corrected chi connectivity index (χ2v) is 8.83. The van der Waals surface area contributed by atoms with Gasteiger partial charge in [-0.25, -0.2) is 0 Å². The smallest absolute Gasteiger partial charge is 0.417 e. The Hall–Kier alpha value is -3.19. The number of likely N-dealkylation sites (tertiary alicyclic amines) is 1. The van der Waals surface area contributed by atoms with E-state index in [1.165, 1.54) is 23.7 Å². The van der Waals surface area contributed by atoms with Crippen molar-refractivity contribution in [3.63, 3.8) is 0 Å². The van der Waals surface area contributed by atoms with Crippen LogP contribution in [-0.4, -0.2) is 32.8 Å². The molecule has 31 heavy (non-hydrogen) atoms. The first kappa shape index (κ1) is 21.1. The molecule has 0 aliphatic carbocycles. The molecule has 6 nitrogen and oxygen atoms in total. The highest BCUT2D eigenvalue weighted by molar-refractivity contribution is 7.13. The molecule has 1 aliphatic heterocycles. The molecule has 0 radical (unpaired) electrons. The molecule has 3 heterocycles. The van der Waals surface area contributed by atoms with Gasteiger partial charge in [0.25, 0.3) is 5.91 Å². The highest BCUT2D eigenvalue weighted by Crippen LogP contribution is 2.38. The normalized spacial score (nSPS) is 18.4. The van der Waals surface area contributed by atoms with Crippen LogP contribution in [0.2, 0.25) is 0 Å². The van der Waals surface area contributed by atoms with Crippen molar-refractivity contribution in [1.29, 1.82) is 5.26 Å². The minimum Gasteiger partial charge on any atom is -0.480 e. The molecule has 1 aliphatic rings. The summed E-state index contributed by atoms with van der Waals surface area (Å²) in [6.45, 7) is 4.25. The number of amides is 1. The number of alkyl halides is 3. The van der Waals surface area contributed by atoms with Gasteiger partial charge in [-0.15, -0.1) is 0 Å². The van der Waals surface area contributed by atoms with Gasteiger partial charge in [-0.3, -0.25) is 9.78 Å². The van der Waals surface area contributed by atoms with E-state index >= 15 is 0 Å². The van der Waals surface area contributed by atoms with Gasteiger partial charge in [0.2, 0.25) is 0 Å². The maximum Gasteiger partial charge on any atom is 0.417 e. The molecule has 1 aromatic carbocycles. The topological polar surface area (TPSA) is 79.1 Å². The predicted octanol–water partition coefficient (Wildman–Crippen LogP) is 4.40. The summed E-state index contributed by atoms with van der Waals surface area (Å²) in [4.78, 5) is 19.1. The summed E-state index contributed by atoms with van der Waals surface area (Å²) in [6.07, 6.45) is -2.31. The molecule has 1 fully saturated rings. The van der Waals surface area contributed by atoms with Crippen molar-refractivity contribution in [1.82, 2.24) is 14.3 Å². The molecule has 1 atom stereocenters. The van der Waals surface area contributed by atoms with E-state index in [9.17, 15) is 18.0 Å². The van der Waals surface area contributed by atoms with Crippen LogP contribution in [0.15, 0.2) is 36.7 Å². The number of pyridine rings is 1. The Morgan fingerprint density at radius 3 is 2.84 bits per heavy atom. The standard InChI is InChI=1S/C21H17F3N4O2S/c1-20(2)11-28(10-16-14-9-27-31-17(14)5-6-26-16)19(29)18(20)30-13-4-3-12(8-25)15(7-13)21(22,23)24/h3-7,9,18H,10-11H2,1-2H3. The molecule has 0 saturated carbocycles. The molecule has 2 aromatic heterocycles. The maximum absolute atomic E-state index is 13.3. The molecular formula is C21H17F3N4O2S. The van der Waals surface area contributed by atoms with Gasteiger partial charge < -0.3 is 9.64 Å². The first-order valence-electron chi connectivity index (χ1n) is 9.35. The molecule has 1 unspecified atom stereocenters. The number of carbonyl (C=O) groups is 1. The van der Waals surface area contributed by atoms with E-state index in [1.807, 2.05) is 19.9 Å². The first-order chi connectivity index (χ1) is 14.6. The SMILES string of the molecule is CC1(C)CN(Cc2nccc3sncc23)C(=O)C1Oc1ccc(C#N)c(C(F)(F)F)c1. The fourth-order valence-corrected chi connectivity index (χ4v) is 4.38. The molecule has 1 saturated heterocycles. The molecule has 0 bridgehead atoms. The predicted molar refractivity (Wildman–Crippen MR) is 107 cm³/mol. The van der Waals surface area contributed by atoms with Crippen molar-refractivity contribution in [2.24, 2.45) is 5.41 Å². The van der Waals surface area contributed by atoms with Gasteiger partial charge in [-0.2, -0.15) is 22.8 Å². The van der Waals surface area contributed by atoms with Crippen molar-refractivity contribution in [2.75, 3.05) is 6.54 Å². The van der Waals surface area contributed by atoms with E-state index in [0.29, 0.717) is 12.2 Å². The molecule has 10 heteroatoms. The summed E-state index contributed by atoms with van der Waals surface area (Å²) in [6, 6.07) is 6.48. The fraction of sp³-hybridized carbons (Fsp3) is 0.333. The Morgan fingerprint density at radius 1 is 1.35 bits per heavy atom. The van der Waals surface area contributed by atoms with Crippen LogP contribution in [0.3, 0.4) is 0 Å². The van der Waals surface area contributed by atoms with Crippen LogP contribution in [0, 0.1) is 16.7 Å². The Morgan fingerprint density at radius 2 is 2.13 bits per heavy atom. The number of aromatic nitrogens is 2. The average molecular weight is 446 g/mol. The van der Waals surface area contributed by atoms with E-state index in [4.69, 9.17) is 10.00 Å². The lowest BCUT2D eigenvalue weighted by Gasteiger charge is -2.24. The molecule has 0 N–H and O–H groups in total. The van der Waals surface area contributed by atoms with E-state index in [1.54, 1.807) is 17.3 Å². The van der Waals surface area contributed by atoms with Crippen molar-refractivity contribution < 1.29 is 22.7 Å². The number of carbonyl (C=O) groups excluding carboxylic acids is 1. The zero-order valence-electron chi connectivity index (χ0n) is 16.6. The lowest BCUT2D eigenvalue weighted by atomic mass is 9.89. The average Bonchev–Trinajstić information content (AvgIpc) is 3.26. The van der Waals surface area contributed by atoms with Crippen LogP contribution in [0.5, 0.6) is 5.75 Å². The van der Waals surface area contributed by atoms with Gasteiger partial charge in [0.05, 0.1) is 40.3 Å².